The Morgan fingerprint density at radius 2 is 1.64 bits per heavy atom. The van der Waals surface area contributed by atoms with Crippen LogP contribution in [0.2, 0.25) is 0 Å². The Morgan fingerprint density at radius 3 is 2.26 bits per heavy atom. The Morgan fingerprint density at radius 1 is 0.949 bits per heavy atom. The van der Waals surface area contributed by atoms with E-state index in [9.17, 15) is 9.90 Å². The third-order valence-electron chi connectivity index (χ3n) is 14.1. The number of allylic oxidation sites excluding steroid dienone is 2. The van der Waals surface area contributed by atoms with Gasteiger partial charge in [0.05, 0.1) is 18.8 Å². The molecule has 5 heteroatoms. The zero-order valence-corrected chi connectivity index (χ0v) is 26.5. The van der Waals surface area contributed by atoms with E-state index in [0.717, 1.165) is 44.9 Å². The highest BCUT2D eigenvalue weighted by Gasteiger charge is 2.70. The zero-order valence-electron chi connectivity index (χ0n) is 26.5. The standard InChI is InChI=1S/C34H56O5/c1-21(35)39-26-14-15-31(5)24(32(26,6)20-37-9)13-16-34(8)25(31)12-11-22-23-19-29(2,3)28(38-10)27(36)30(23,4)17-18-33(22,34)7/h11,23-28,36H,12-20H2,1-10H3/t23-,24+,25+,26-,27+,28-,30+,31-,32+,33+,34+/m0/s1. The fraction of sp³-hybridized carbons (Fsp3) is 0.912. The van der Waals surface area contributed by atoms with Crippen molar-refractivity contribution in [2.24, 2.45) is 50.2 Å². The largest absolute Gasteiger partial charge is 0.462 e. The molecule has 0 amide bonds. The zero-order chi connectivity index (χ0) is 28.8. The molecule has 5 rings (SSSR count). The predicted molar refractivity (Wildman–Crippen MR) is 154 cm³/mol. The molecule has 0 aromatic heterocycles. The second-order valence-electron chi connectivity index (χ2n) is 16.2. The number of carbonyl (C=O) groups is 1. The van der Waals surface area contributed by atoms with Crippen LogP contribution >= 0.6 is 0 Å². The molecule has 0 radical (unpaired) electrons. The van der Waals surface area contributed by atoms with Crippen LogP contribution in [0.3, 0.4) is 0 Å². The number of hydrogen-bond acceptors (Lipinski definition) is 5. The van der Waals surface area contributed by atoms with Gasteiger partial charge in [-0.1, -0.05) is 60.1 Å². The summed E-state index contributed by atoms with van der Waals surface area (Å²) in [5, 5.41) is 11.7. The summed E-state index contributed by atoms with van der Waals surface area (Å²) in [6.07, 6.45) is 10.6. The number of methoxy groups -OCH3 is 2. The van der Waals surface area contributed by atoms with Gasteiger partial charge in [0.25, 0.3) is 0 Å². The van der Waals surface area contributed by atoms with Gasteiger partial charge in [0, 0.05) is 32.0 Å². The third-order valence-corrected chi connectivity index (χ3v) is 14.1. The van der Waals surface area contributed by atoms with E-state index in [2.05, 4.69) is 54.5 Å². The quantitative estimate of drug-likeness (QED) is 0.306. The lowest BCUT2D eigenvalue weighted by atomic mass is 9.33. The van der Waals surface area contributed by atoms with Gasteiger partial charge in [-0.3, -0.25) is 4.79 Å². The van der Waals surface area contributed by atoms with E-state index >= 15 is 0 Å². The van der Waals surface area contributed by atoms with Crippen LogP contribution in [0.4, 0.5) is 0 Å². The SMILES string of the molecule is COC[C@]1(C)[C@@H]2CC[C@]3(C)[C@H](CC=C4[C@@H]5CC(C)(C)[C@@H](OC)[C@@H](O)[C@]5(C)CC[C@]43C)[C@@]2(C)CC[C@@H]1OC(C)=O. The highest BCUT2D eigenvalue weighted by Crippen LogP contribution is 2.75. The molecular formula is C34H56O5. The topological polar surface area (TPSA) is 65.0 Å². The van der Waals surface area contributed by atoms with Crippen molar-refractivity contribution in [1.82, 2.24) is 0 Å². The average Bonchev–Trinajstić information content (AvgIpc) is 2.83. The molecule has 5 aliphatic carbocycles. The summed E-state index contributed by atoms with van der Waals surface area (Å²) >= 11 is 0. The molecule has 11 atom stereocenters. The fourth-order valence-electron chi connectivity index (χ4n) is 11.8. The van der Waals surface area contributed by atoms with Gasteiger partial charge in [-0.05, 0) is 90.8 Å². The molecule has 0 aliphatic heterocycles. The molecule has 0 unspecified atom stereocenters. The molecule has 222 valence electrons. The van der Waals surface area contributed by atoms with E-state index in [0.29, 0.717) is 24.4 Å². The summed E-state index contributed by atoms with van der Waals surface area (Å²) in [6, 6.07) is 0. The number of aliphatic hydroxyl groups is 1. The minimum Gasteiger partial charge on any atom is -0.462 e. The van der Waals surface area contributed by atoms with Crippen molar-refractivity contribution < 1.29 is 24.1 Å². The maximum Gasteiger partial charge on any atom is 0.302 e. The van der Waals surface area contributed by atoms with Crippen LogP contribution in [0.15, 0.2) is 11.6 Å². The molecule has 0 saturated heterocycles. The molecule has 4 fully saturated rings. The van der Waals surface area contributed by atoms with E-state index in [1.165, 1.54) is 6.42 Å². The minimum atomic E-state index is -0.452. The lowest BCUT2D eigenvalue weighted by Gasteiger charge is -2.72. The summed E-state index contributed by atoms with van der Waals surface area (Å²) in [5.74, 6) is 1.23. The van der Waals surface area contributed by atoms with Crippen molar-refractivity contribution in [3.63, 3.8) is 0 Å². The van der Waals surface area contributed by atoms with Gasteiger partial charge in [-0.15, -0.1) is 0 Å². The monoisotopic (exact) mass is 544 g/mol. The molecule has 0 aromatic rings. The van der Waals surface area contributed by atoms with Crippen LogP contribution in [0, 0.1) is 50.2 Å². The Labute approximate surface area is 237 Å². The smallest absolute Gasteiger partial charge is 0.302 e. The Bertz CT molecular complexity index is 1020. The molecule has 0 bridgehead atoms. The first-order chi connectivity index (χ1) is 18.0. The number of carbonyl (C=O) groups excluding carboxylic acids is 1. The molecule has 5 aliphatic rings. The second-order valence-corrected chi connectivity index (χ2v) is 16.2. The Kier molecular flexibility index (Phi) is 7.05. The molecule has 1 N–H and O–H groups in total. The summed E-state index contributed by atoms with van der Waals surface area (Å²) in [5.41, 5.74) is 1.70. The third kappa shape index (κ3) is 3.84. The summed E-state index contributed by atoms with van der Waals surface area (Å²) < 4.78 is 17.7. The molecule has 0 spiro atoms. The summed E-state index contributed by atoms with van der Waals surface area (Å²) in [7, 11) is 3.56. The molecule has 0 aromatic carbocycles. The lowest BCUT2D eigenvalue weighted by molar-refractivity contribution is -0.233. The van der Waals surface area contributed by atoms with E-state index in [-0.39, 0.29) is 50.7 Å². The number of esters is 1. The van der Waals surface area contributed by atoms with Crippen molar-refractivity contribution >= 4 is 5.97 Å². The Hall–Kier alpha value is -0.910. The number of aliphatic hydroxyl groups excluding tert-OH is 1. The molecule has 0 heterocycles. The van der Waals surface area contributed by atoms with Crippen LogP contribution < -0.4 is 0 Å². The second kappa shape index (κ2) is 9.30. The molecule has 39 heavy (non-hydrogen) atoms. The van der Waals surface area contributed by atoms with Crippen molar-refractivity contribution in [1.29, 1.82) is 0 Å². The van der Waals surface area contributed by atoms with Crippen molar-refractivity contribution in [3.05, 3.63) is 11.6 Å². The lowest BCUT2D eigenvalue weighted by Crippen LogP contribution is -2.67. The highest BCUT2D eigenvalue weighted by atomic mass is 16.5. The highest BCUT2D eigenvalue weighted by molar-refractivity contribution is 5.66. The van der Waals surface area contributed by atoms with Gasteiger partial charge in [0.2, 0.25) is 0 Å². The maximum atomic E-state index is 12.1. The van der Waals surface area contributed by atoms with Crippen molar-refractivity contribution in [2.45, 2.75) is 125 Å². The number of ether oxygens (including phenoxy) is 3. The molecule has 4 saturated carbocycles. The first kappa shape index (κ1) is 29.6. The number of hydrogen-bond donors (Lipinski definition) is 1. The van der Waals surface area contributed by atoms with Crippen LogP contribution in [0.1, 0.15) is 107 Å². The fourth-order valence-corrected chi connectivity index (χ4v) is 11.8. The molecule has 5 nitrogen and oxygen atoms in total. The summed E-state index contributed by atoms with van der Waals surface area (Å²) in [4.78, 5) is 12.1. The van der Waals surface area contributed by atoms with Gasteiger partial charge < -0.3 is 19.3 Å². The van der Waals surface area contributed by atoms with Gasteiger partial charge in [-0.2, -0.15) is 0 Å². The number of rotatable bonds is 4. The van der Waals surface area contributed by atoms with Crippen molar-refractivity contribution in [2.75, 3.05) is 20.8 Å². The average molecular weight is 545 g/mol. The molecular weight excluding hydrogens is 488 g/mol. The maximum absolute atomic E-state index is 12.1. The van der Waals surface area contributed by atoms with Gasteiger partial charge >= 0.3 is 5.97 Å². The van der Waals surface area contributed by atoms with Crippen LogP contribution in [0.25, 0.3) is 0 Å². The van der Waals surface area contributed by atoms with Gasteiger partial charge in [-0.25, -0.2) is 0 Å². The first-order valence-corrected chi connectivity index (χ1v) is 15.6. The first-order valence-electron chi connectivity index (χ1n) is 15.6. The van der Waals surface area contributed by atoms with E-state index in [1.54, 1.807) is 26.7 Å². The normalized spacial score (nSPS) is 52.4. The minimum absolute atomic E-state index is 0.0735. The predicted octanol–water partition coefficient (Wildman–Crippen LogP) is 6.96. The van der Waals surface area contributed by atoms with E-state index in [4.69, 9.17) is 14.2 Å². The van der Waals surface area contributed by atoms with Crippen molar-refractivity contribution in [3.8, 4) is 0 Å². The number of fused-ring (bicyclic) bond motifs is 7. The van der Waals surface area contributed by atoms with Crippen LogP contribution in [0.5, 0.6) is 0 Å². The summed E-state index contributed by atoms with van der Waals surface area (Å²) in [6.45, 7) is 19.2. The van der Waals surface area contributed by atoms with Crippen LogP contribution in [-0.4, -0.2) is 50.2 Å². The van der Waals surface area contributed by atoms with Crippen LogP contribution in [-0.2, 0) is 19.0 Å². The van der Waals surface area contributed by atoms with Gasteiger partial charge in [0.1, 0.15) is 6.10 Å². The van der Waals surface area contributed by atoms with E-state index in [1.807, 2.05) is 0 Å². The Balaban J connectivity index is 1.55. The van der Waals surface area contributed by atoms with E-state index < -0.39 is 6.10 Å². The van der Waals surface area contributed by atoms with Gasteiger partial charge in [0.15, 0.2) is 0 Å².